The number of hydrogen-bond acceptors (Lipinski definition) is 1. The van der Waals surface area contributed by atoms with E-state index in [1.807, 2.05) is 45.0 Å². The van der Waals surface area contributed by atoms with Crippen molar-refractivity contribution in [2.24, 2.45) is 5.41 Å². The van der Waals surface area contributed by atoms with E-state index in [9.17, 15) is 4.79 Å². The van der Waals surface area contributed by atoms with Crippen LogP contribution in [0.25, 0.3) is 11.1 Å². The summed E-state index contributed by atoms with van der Waals surface area (Å²) in [5.74, 6) is 0.0283. The van der Waals surface area contributed by atoms with Gasteiger partial charge in [0.2, 0.25) is 5.91 Å². The van der Waals surface area contributed by atoms with Crippen molar-refractivity contribution in [1.82, 2.24) is 0 Å². The number of benzene rings is 2. The predicted molar refractivity (Wildman–Crippen MR) is 84.7 cm³/mol. The Bertz CT molecular complexity index is 589. The number of anilines is 1. The Hall–Kier alpha value is -2.09. The van der Waals surface area contributed by atoms with Gasteiger partial charge in [0.05, 0.1) is 0 Å². The van der Waals surface area contributed by atoms with Gasteiger partial charge < -0.3 is 5.32 Å². The second kappa shape index (κ2) is 5.49. The Morgan fingerprint density at radius 1 is 0.850 bits per heavy atom. The second-order valence-corrected chi connectivity index (χ2v) is 6.15. The fourth-order valence-electron chi connectivity index (χ4n) is 1.81. The number of amides is 1. The van der Waals surface area contributed by atoms with Crippen LogP contribution >= 0.6 is 0 Å². The van der Waals surface area contributed by atoms with Gasteiger partial charge in [-0.1, -0.05) is 62.7 Å². The first-order chi connectivity index (χ1) is 9.36. The van der Waals surface area contributed by atoms with Gasteiger partial charge in [0.15, 0.2) is 0 Å². The lowest BCUT2D eigenvalue weighted by Gasteiger charge is -2.17. The molecule has 0 fully saturated rings. The third kappa shape index (κ3) is 3.47. The zero-order valence-corrected chi connectivity index (χ0v) is 12.5. The minimum absolute atomic E-state index is 0.0283. The van der Waals surface area contributed by atoms with Crippen LogP contribution in [0.1, 0.15) is 26.3 Å². The third-order valence-electron chi connectivity index (χ3n) is 3.21. The first-order valence-corrected chi connectivity index (χ1v) is 6.85. The van der Waals surface area contributed by atoms with E-state index in [2.05, 4.69) is 36.5 Å². The normalized spacial score (nSPS) is 11.2. The summed E-state index contributed by atoms with van der Waals surface area (Å²) in [6.45, 7) is 7.80. The molecular formula is C18H21NO. The van der Waals surface area contributed by atoms with Crippen LogP contribution in [-0.4, -0.2) is 5.91 Å². The molecule has 0 bridgehead atoms. The van der Waals surface area contributed by atoms with E-state index in [4.69, 9.17) is 0 Å². The molecule has 0 heterocycles. The van der Waals surface area contributed by atoms with Crippen LogP contribution in [0, 0.1) is 12.3 Å². The number of carbonyl (C=O) groups excluding carboxylic acids is 1. The van der Waals surface area contributed by atoms with Gasteiger partial charge in [-0.05, 0) is 30.2 Å². The average molecular weight is 267 g/mol. The van der Waals surface area contributed by atoms with Gasteiger partial charge in [0, 0.05) is 11.1 Å². The van der Waals surface area contributed by atoms with Gasteiger partial charge in [-0.15, -0.1) is 0 Å². The van der Waals surface area contributed by atoms with Crippen molar-refractivity contribution in [1.29, 1.82) is 0 Å². The first kappa shape index (κ1) is 14.3. The van der Waals surface area contributed by atoms with Crippen LogP contribution in [0.2, 0.25) is 0 Å². The van der Waals surface area contributed by atoms with Crippen molar-refractivity contribution in [3.05, 3.63) is 54.1 Å². The Morgan fingerprint density at radius 3 is 1.75 bits per heavy atom. The zero-order chi connectivity index (χ0) is 14.8. The van der Waals surface area contributed by atoms with E-state index in [-0.39, 0.29) is 11.3 Å². The Kier molecular flexibility index (Phi) is 3.93. The Labute approximate surface area is 120 Å². The number of rotatable bonds is 2. The maximum Gasteiger partial charge on any atom is 0.229 e. The van der Waals surface area contributed by atoms with Gasteiger partial charge in [0.25, 0.3) is 0 Å². The minimum atomic E-state index is -0.379. The van der Waals surface area contributed by atoms with Crippen molar-refractivity contribution in [3.63, 3.8) is 0 Å². The summed E-state index contributed by atoms with van der Waals surface area (Å²) in [5, 5.41) is 2.93. The van der Waals surface area contributed by atoms with Crippen molar-refractivity contribution >= 4 is 11.6 Å². The first-order valence-electron chi connectivity index (χ1n) is 6.85. The molecule has 2 aromatic carbocycles. The van der Waals surface area contributed by atoms with E-state index < -0.39 is 0 Å². The molecule has 0 atom stereocenters. The summed E-state index contributed by atoms with van der Waals surface area (Å²) < 4.78 is 0. The molecule has 1 N–H and O–H groups in total. The molecule has 2 aromatic rings. The van der Waals surface area contributed by atoms with E-state index >= 15 is 0 Å². The van der Waals surface area contributed by atoms with Gasteiger partial charge in [-0.2, -0.15) is 0 Å². The van der Waals surface area contributed by atoms with Crippen LogP contribution < -0.4 is 5.32 Å². The fourth-order valence-corrected chi connectivity index (χ4v) is 1.81. The maximum atomic E-state index is 11.9. The Balaban J connectivity index is 2.14. The van der Waals surface area contributed by atoms with Crippen molar-refractivity contribution in [3.8, 4) is 11.1 Å². The van der Waals surface area contributed by atoms with E-state index in [0.29, 0.717) is 0 Å². The standard InChI is InChI=1S/C18H21NO/c1-13-5-7-14(8-6-13)15-9-11-16(12-10-15)19-17(20)18(2,3)4/h5-12H,1-4H3,(H,19,20). The smallest absolute Gasteiger partial charge is 0.229 e. The van der Waals surface area contributed by atoms with E-state index in [1.165, 1.54) is 11.1 Å². The molecule has 2 heteroatoms. The topological polar surface area (TPSA) is 29.1 Å². The molecule has 0 unspecified atom stereocenters. The lowest BCUT2D eigenvalue weighted by Crippen LogP contribution is -2.27. The fraction of sp³-hybridized carbons (Fsp3) is 0.278. The van der Waals surface area contributed by atoms with Crippen LogP contribution in [0.15, 0.2) is 48.5 Å². The molecule has 0 saturated heterocycles. The van der Waals surface area contributed by atoms with E-state index in [1.54, 1.807) is 0 Å². The average Bonchev–Trinajstić information content (AvgIpc) is 2.39. The predicted octanol–water partition coefficient (Wildman–Crippen LogP) is 4.65. The number of nitrogens with one attached hydrogen (secondary N) is 1. The summed E-state index contributed by atoms with van der Waals surface area (Å²) in [7, 11) is 0. The molecular weight excluding hydrogens is 246 g/mol. The van der Waals surface area contributed by atoms with Crippen LogP contribution in [0.5, 0.6) is 0 Å². The molecule has 0 spiro atoms. The van der Waals surface area contributed by atoms with Gasteiger partial charge in [0.1, 0.15) is 0 Å². The summed E-state index contributed by atoms with van der Waals surface area (Å²) in [4.78, 5) is 11.9. The highest BCUT2D eigenvalue weighted by Gasteiger charge is 2.20. The molecule has 20 heavy (non-hydrogen) atoms. The number of carbonyl (C=O) groups is 1. The lowest BCUT2D eigenvalue weighted by molar-refractivity contribution is -0.123. The summed E-state index contributed by atoms with van der Waals surface area (Å²) in [5.41, 5.74) is 4.04. The quantitative estimate of drug-likeness (QED) is 0.843. The van der Waals surface area contributed by atoms with Gasteiger partial charge >= 0.3 is 0 Å². The largest absolute Gasteiger partial charge is 0.326 e. The summed E-state index contributed by atoms with van der Waals surface area (Å²) in [6.07, 6.45) is 0. The monoisotopic (exact) mass is 267 g/mol. The van der Waals surface area contributed by atoms with Crippen LogP contribution in [0.4, 0.5) is 5.69 Å². The maximum absolute atomic E-state index is 11.9. The minimum Gasteiger partial charge on any atom is -0.326 e. The molecule has 2 nitrogen and oxygen atoms in total. The zero-order valence-electron chi connectivity index (χ0n) is 12.5. The molecule has 0 aliphatic rings. The second-order valence-electron chi connectivity index (χ2n) is 6.15. The van der Waals surface area contributed by atoms with Crippen LogP contribution in [-0.2, 0) is 4.79 Å². The molecule has 0 aliphatic carbocycles. The summed E-state index contributed by atoms with van der Waals surface area (Å²) >= 11 is 0. The highest BCUT2D eigenvalue weighted by atomic mass is 16.2. The molecule has 0 aromatic heterocycles. The molecule has 0 aliphatic heterocycles. The number of aryl methyl sites for hydroxylation is 1. The van der Waals surface area contributed by atoms with Crippen LogP contribution in [0.3, 0.4) is 0 Å². The third-order valence-corrected chi connectivity index (χ3v) is 3.21. The molecule has 1 amide bonds. The van der Waals surface area contributed by atoms with Crippen molar-refractivity contribution < 1.29 is 4.79 Å². The SMILES string of the molecule is Cc1ccc(-c2ccc(NC(=O)C(C)(C)C)cc2)cc1. The van der Waals surface area contributed by atoms with Gasteiger partial charge in [-0.3, -0.25) is 4.79 Å². The summed E-state index contributed by atoms with van der Waals surface area (Å²) in [6, 6.07) is 16.4. The molecule has 0 radical (unpaired) electrons. The molecule has 104 valence electrons. The van der Waals surface area contributed by atoms with E-state index in [0.717, 1.165) is 11.3 Å². The highest BCUT2D eigenvalue weighted by Crippen LogP contribution is 2.23. The van der Waals surface area contributed by atoms with Gasteiger partial charge in [-0.25, -0.2) is 0 Å². The lowest BCUT2D eigenvalue weighted by atomic mass is 9.95. The highest BCUT2D eigenvalue weighted by molar-refractivity contribution is 5.94. The van der Waals surface area contributed by atoms with Crippen molar-refractivity contribution in [2.45, 2.75) is 27.7 Å². The Morgan fingerprint density at radius 2 is 1.30 bits per heavy atom. The molecule has 2 rings (SSSR count). The van der Waals surface area contributed by atoms with Crippen molar-refractivity contribution in [2.75, 3.05) is 5.32 Å². The molecule has 0 saturated carbocycles. The number of hydrogen-bond donors (Lipinski definition) is 1.